The summed E-state index contributed by atoms with van der Waals surface area (Å²) in [5, 5.41) is 11.2. The van der Waals surface area contributed by atoms with Gasteiger partial charge in [0.25, 0.3) is 0 Å². The number of nitrogens with zero attached hydrogens (tertiary/aromatic N) is 8. The summed E-state index contributed by atoms with van der Waals surface area (Å²) in [7, 11) is 0. The Balaban J connectivity index is 1.72. The van der Waals surface area contributed by atoms with Crippen LogP contribution in [0.25, 0.3) is 22.9 Å². The van der Waals surface area contributed by atoms with Crippen molar-refractivity contribution in [1.29, 1.82) is 0 Å². The van der Waals surface area contributed by atoms with Crippen LogP contribution in [0.15, 0.2) is 55.2 Å². The standard InChI is InChI=1S/C16H14N8/c1-2-15-17-8-7-14(20-15)16-18-9-10-23(16)12-3-5-13(6-4-12)24-11-19-21-22-24/h3-11H,2H2,1H3. The Bertz CT molecular complexity index is 940. The summed E-state index contributed by atoms with van der Waals surface area (Å²) in [6.45, 7) is 2.03. The zero-order chi connectivity index (χ0) is 16.4. The van der Waals surface area contributed by atoms with E-state index >= 15 is 0 Å². The van der Waals surface area contributed by atoms with Gasteiger partial charge in [0.1, 0.15) is 17.8 Å². The van der Waals surface area contributed by atoms with Crippen molar-refractivity contribution in [2.24, 2.45) is 0 Å². The Morgan fingerprint density at radius 1 is 0.958 bits per heavy atom. The fourth-order valence-electron chi connectivity index (χ4n) is 2.44. The van der Waals surface area contributed by atoms with Gasteiger partial charge in [0.2, 0.25) is 0 Å². The van der Waals surface area contributed by atoms with Crippen LogP contribution in [0.1, 0.15) is 12.7 Å². The lowest BCUT2D eigenvalue weighted by Crippen LogP contribution is -2.01. The SMILES string of the molecule is CCc1nccc(-c2nccn2-c2ccc(-n3cnnn3)cc2)n1. The highest BCUT2D eigenvalue weighted by Crippen LogP contribution is 2.20. The molecular formula is C16H14N8. The number of hydrogen-bond donors (Lipinski definition) is 0. The van der Waals surface area contributed by atoms with E-state index in [1.54, 1.807) is 23.4 Å². The highest BCUT2D eigenvalue weighted by atomic mass is 15.5. The molecule has 0 aliphatic heterocycles. The highest BCUT2D eigenvalue weighted by Gasteiger charge is 2.10. The van der Waals surface area contributed by atoms with E-state index in [1.165, 1.54) is 0 Å². The molecule has 0 bridgehead atoms. The van der Waals surface area contributed by atoms with Crippen molar-refractivity contribution in [2.75, 3.05) is 0 Å². The van der Waals surface area contributed by atoms with E-state index in [2.05, 4.69) is 30.5 Å². The number of hydrogen-bond acceptors (Lipinski definition) is 6. The van der Waals surface area contributed by atoms with E-state index in [0.29, 0.717) is 0 Å². The van der Waals surface area contributed by atoms with E-state index in [-0.39, 0.29) is 0 Å². The van der Waals surface area contributed by atoms with Gasteiger partial charge in [-0.1, -0.05) is 6.92 Å². The molecule has 24 heavy (non-hydrogen) atoms. The second-order valence-corrected chi connectivity index (χ2v) is 5.10. The molecule has 0 saturated carbocycles. The Morgan fingerprint density at radius 3 is 2.54 bits per heavy atom. The largest absolute Gasteiger partial charge is 0.299 e. The van der Waals surface area contributed by atoms with E-state index < -0.39 is 0 Å². The van der Waals surface area contributed by atoms with Crippen LogP contribution < -0.4 is 0 Å². The summed E-state index contributed by atoms with van der Waals surface area (Å²) in [6, 6.07) is 9.75. The predicted octanol–water partition coefficient (Wildman–Crippen LogP) is 1.87. The number of benzene rings is 1. The molecule has 0 radical (unpaired) electrons. The number of tetrazole rings is 1. The molecule has 0 N–H and O–H groups in total. The van der Waals surface area contributed by atoms with E-state index in [9.17, 15) is 0 Å². The van der Waals surface area contributed by atoms with E-state index in [0.717, 1.165) is 35.1 Å². The van der Waals surface area contributed by atoms with Gasteiger partial charge < -0.3 is 0 Å². The second-order valence-electron chi connectivity index (χ2n) is 5.10. The van der Waals surface area contributed by atoms with Crippen molar-refractivity contribution >= 4 is 0 Å². The molecule has 3 aromatic heterocycles. The van der Waals surface area contributed by atoms with Crippen molar-refractivity contribution < 1.29 is 0 Å². The fraction of sp³-hybridized carbons (Fsp3) is 0.125. The molecule has 0 fully saturated rings. The van der Waals surface area contributed by atoms with Gasteiger partial charge in [-0.25, -0.2) is 19.6 Å². The summed E-state index contributed by atoms with van der Waals surface area (Å²) in [6.07, 6.45) is 7.79. The topological polar surface area (TPSA) is 87.2 Å². The van der Waals surface area contributed by atoms with Gasteiger partial charge in [0.05, 0.1) is 5.69 Å². The van der Waals surface area contributed by atoms with Crippen molar-refractivity contribution in [1.82, 2.24) is 39.7 Å². The molecule has 1 aromatic carbocycles. The number of imidazole rings is 1. The Kier molecular flexibility index (Phi) is 3.54. The van der Waals surface area contributed by atoms with Crippen molar-refractivity contribution in [3.63, 3.8) is 0 Å². The Labute approximate surface area is 137 Å². The quantitative estimate of drug-likeness (QED) is 0.571. The van der Waals surface area contributed by atoms with Gasteiger partial charge in [0.15, 0.2) is 5.82 Å². The number of aryl methyl sites for hydroxylation is 1. The predicted molar refractivity (Wildman–Crippen MR) is 86.7 cm³/mol. The average Bonchev–Trinajstić information content (AvgIpc) is 3.33. The van der Waals surface area contributed by atoms with Crippen LogP contribution >= 0.6 is 0 Å². The first-order valence-electron chi connectivity index (χ1n) is 7.54. The molecule has 4 aromatic rings. The molecular weight excluding hydrogens is 304 g/mol. The van der Waals surface area contributed by atoms with Gasteiger partial charge in [0, 0.05) is 30.7 Å². The molecule has 0 atom stereocenters. The summed E-state index contributed by atoms with van der Waals surface area (Å²) in [4.78, 5) is 13.2. The van der Waals surface area contributed by atoms with Crippen LogP contribution in [0.3, 0.4) is 0 Å². The molecule has 0 saturated heterocycles. The molecule has 0 amide bonds. The molecule has 8 heteroatoms. The van der Waals surface area contributed by atoms with E-state index in [4.69, 9.17) is 0 Å². The monoisotopic (exact) mass is 318 g/mol. The van der Waals surface area contributed by atoms with Crippen molar-refractivity contribution in [3.05, 3.63) is 61.1 Å². The van der Waals surface area contributed by atoms with E-state index in [1.807, 2.05) is 48.0 Å². The zero-order valence-corrected chi connectivity index (χ0v) is 13.0. The second kappa shape index (κ2) is 5.99. The fourth-order valence-corrected chi connectivity index (χ4v) is 2.44. The molecule has 0 unspecified atom stereocenters. The van der Waals surface area contributed by atoms with Crippen molar-refractivity contribution in [2.45, 2.75) is 13.3 Å². The maximum absolute atomic E-state index is 4.55. The lowest BCUT2D eigenvalue weighted by Gasteiger charge is -2.09. The van der Waals surface area contributed by atoms with Gasteiger partial charge in [-0.05, 0) is 40.8 Å². The smallest absolute Gasteiger partial charge is 0.163 e. The normalized spacial score (nSPS) is 10.9. The summed E-state index contributed by atoms with van der Waals surface area (Å²) in [5.41, 5.74) is 2.67. The van der Waals surface area contributed by atoms with Crippen LogP contribution in [-0.2, 0) is 6.42 Å². The lowest BCUT2D eigenvalue weighted by atomic mass is 10.2. The maximum Gasteiger partial charge on any atom is 0.163 e. The van der Waals surface area contributed by atoms with Gasteiger partial charge in [-0.3, -0.25) is 4.57 Å². The van der Waals surface area contributed by atoms with Crippen LogP contribution in [-0.4, -0.2) is 39.7 Å². The number of aromatic nitrogens is 8. The molecule has 0 spiro atoms. The lowest BCUT2D eigenvalue weighted by molar-refractivity contribution is 0.789. The van der Waals surface area contributed by atoms with Crippen LogP contribution in [0.2, 0.25) is 0 Å². The first-order chi connectivity index (χ1) is 11.8. The molecule has 0 aliphatic rings. The first-order valence-corrected chi connectivity index (χ1v) is 7.54. The van der Waals surface area contributed by atoms with Crippen LogP contribution in [0.5, 0.6) is 0 Å². The van der Waals surface area contributed by atoms with Gasteiger partial charge in [-0.2, -0.15) is 0 Å². The molecule has 4 rings (SSSR count). The minimum atomic E-state index is 0.780. The summed E-state index contributed by atoms with van der Waals surface area (Å²) >= 11 is 0. The highest BCUT2D eigenvalue weighted by molar-refractivity contribution is 5.54. The summed E-state index contributed by atoms with van der Waals surface area (Å²) in [5.74, 6) is 1.58. The van der Waals surface area contributed by atoms with Gasteiger partial charge >= 0.3 is 0 Å². The molecule has 118 valence electrons. The molecule has 8 nitrogen and oxygen atoms in total. The average molecular weight is 318 g/mol. The maximum atomic E-state index is 4.55. The number of rotatable bonds is 4. The molecule has 3 heterocycles. The van der Waals surface area contributed by atoms with Crippen molar-refractivity contribution in [3.8, 4) is 22.9 Å². The third-order valence-electron chi connectivity index (χ3n) is 3.63. The zero-order valence-electron chi connectivity index (χ0n) is 13.0. The molecule has 0 aliphatic carbocycles. The first kappa shape index (κ1) is 14.2. The van der Waals surface area contributed by atoms with Crippen LogP contribution in [0, 0.1) is 0 Å². The minimum absolute atomic E-state index is 0.780. The minimum Gasteiger partial charge on any atom is -0.299 e. The Morgan fingerprint density at radius 2 is 1.79 bits per heavy atom. The van der Waals surface area contributed by atoms with Gasteiger partial charge in [-0.15, -0.1) is 5.10 Å². The van der Waals surface area contributed by atoms with Crippen LogP contribution in [0.4, 0.5) is 0 Å². The third kappa shape index (κ3) is 2.54. The Hall–Kier alpha value is -3.42. The summed E-state index contributed by atoms with van der Waals surface area (Å²) < 4.78 is 3.60. The third-order valence-corrected chi connectivity index (χ3v) is 3.63.